The minimum Gasteiger partial charge on any atom is -0.507 e. The molecule has 0 atom stereocenters. The van der Waals surface area contributed by atoms with Crippen LogP contribution in [0.1, 0.15) is 11.1 Å². The van der Waals surface area contributed by atoms with E-state index in [4.69, 9.17) is 11.6 Å². The Balaban J connectivity index is 1.83. The minimum absolute atomic E-state index is 0.130. The molecule has 0 aliphatic carbocycles. The molecule has 1 aromatic heterocycles. The van der Waals surface area contributed by atoms with Crippen molar-refractivity contribution in [3.8, 4) is 22.7 Å². The van der Waals surface area contributed by atoms with E-state index in [-0.39, 0.29) is 5.75 Å². The molecule has 1 heterocycles. The molecule has 1 N–H and O–H groups in total. The van der Waals surface area contributed by atoms with E-state index in [9.17, 15) is 5.11 Å². The second kappa shape index (κ2) is 8.19. The number of nitrogens with zero attached hydrogens (tertiary/aromatic N) is 4. The molecule has 4 aromatic rings. The van der Waals surface area contributed by atoms with Crippen LogP contribution in [-0.2, 0) is 0 Å². The summed E-state index contributed by atoms with van der Waals surface area (Å²) in [5.74, 6) is 0.684. The van der Waals surface area contributed by atoms with Gasteiger partial charge in [-0.15, -0.1) is 5.10 Å². The zero-order chi connectivity index (χ0) is 20.4. The Labute approximate surface area is 181 Å². The van der Waals surface area contributed by atoms with Gasteiger partial charge < -0.3 is 5.11 Å². The van der Waals surface area contributed by atoms with Crippen molar-refractivity contribution >= 4 is 39.6 Å². The van der Waals surface area contributed by atoms with Crippen LogP contribution in [0.4, 0.5) is 5.82 Å². The van der Waals surface area contributed by atoms with Crippen LogP contribution in [0.3, 0.4) is 0 Å². The van der Waals surface area contributed by atoms with E-state index in [0.29, 0.717) is 22.1 Å². The van der Waals surface area contributed by atoms with E-state index in [0.717, 1.165) is 21.3 Å². The van der Waals surface area contributed by atoms with Crippen molar-refractivity contribution < 1.29 is 5.11 Å². The quantitative estimate of drug-likeness (QED) is 0.368. The fourth-order valence-electron chi connectivity index (χ4n) is 2.80. The van der Waals surface area contributed by atoms with Gasteiger partial charge in [0, 0.05) is 26.8 Å². The second-order valence-corrected chi connectivity index (χ2v) is 7.83. The Morgan fingerprint density at radius 3 is 2.45 bits per heavy atom. The number of phenols is 1. The van der Waals surface area contributed by atoms with Gasteiger partial charge in [0.2, 0.25) is 0 Å². The van der Waals surface area contributed by atoms with Gasteiger partial charge in [0.15, 0.2) is 5.82 Å². The van der Waals surface area contributed by atoms with Crippen molar-refractivity contribution in [3.63, 3.8) is 0 Å². The smallest absolute Gasteiger partial charge is 0.184 e. The SMILES string of the molecule is Cc1ccc(-c2nnn(-c3ccc(Cl)cc3)c2/N=C/c2ccc(Br)cc2O)cc1. The summed E-state index contributed by atoms with van der Waals surface area (Å²) in [5, 5.41) is 19.5. The first-order valence-electron chi connectivity index (χ1n) is 8.82. The lowest BCUT2D eigenvalue weighted by Gasteiger charge is -2.05. The highest BCUT2D eigenvalue weighted by atomic mass is 79.9. The number of aromatic hydroxyl groups is 1. The molecule has 0 amide bonds. The number of hydrogen-bond acceptors (Lipinski definition) is 4. The second-order valence-electron chi connectivity index (χ2n) is 6.48. The minimum atomic E-state index is 0.130. The molecule has 5 nitrogen and oxygen atoms in total. The number of aliphatic imine (C=N–C) groups is 1. The summed E-state index contributed by atoms with van der Waals surface area (Å²) in [4.78, 5) is 4.63. The van der Waals surface area contributed by atoms with Crippen LogP contribution in [0.5, 0.6) is 5.75 Å². The fourth-order valence-corrected chi connectivity index (χ4v) is 3.28. The van der Waals surface area contributed by atoms with Gasteiger partial charge >= 0.3 is 0 Å². The number of aromatic nitrogens is 3. The average molecular weight is 468 g/mol. The van der Waals surface area contributed by atoms with Crippen LogP contribution >= 0.6 is 27.5 Å². The molecule has 0 radical (unpaired) electrons. The highest BCUT2D eigenvalue weighted by molar-refractivity contribution is 9.10. The van der Waals surface area contributed by atoms with Crippen molar-refractivity contribution in [3.05, 3.63) is 87.4 Å². The van der Waals surface area contributed by atoms with E-state index in [1.165, 1.54) is 0 Å². The maximum absolute atomic E-state index is 10.2. The molecule has 0 unspecified atom stereocenters. The van der Waals surface area contributed by atoms with Crippen molar-refractivity contribution in [2.75, 3.05) is 0 Å². The Morgan fingerprint density at radius 1 is 1.03 bits per heavy atom. The normalized spacial score (nSPS) is 11.3. The molecular formula is C22H16BrClN4O. The lowest BCUT2D eigenvalue weighted by atomic mass is 10.1. The zero-order valence-electron chi connectivity index (χ0n) is 15.4. The highest BCUT2D eigenvalue weighted by Gasteiger charge is 2.15. The third-order valence-corrected chi connectivity index (χ3v) is 5.11. The third kappa shape index (κ3) is 4.23. The van der Waals surface area contributed by atoms with E-state index in [2.05, 4.69) is 31.2 Å². The molecular weight excluding hydrogens is 452 g/mol. The van der Waals surface area contributed by atoms with Gasteiger partial charge in [-0.25, -0.2) is 4.99 Å². The Hall–Kier alpha value is -2.96. The summed E-state index contributed by atoms with van der Waals surface area (Å²) in [5.41, 5.74) is 4.08. The lowest BCUT2D eigenvalue weighted by molar-refractivity contribution is 0.474. The number of rotatable bonds is 4. The summed E-state index contributed by atoms with van der Waals surface area (Å²) < 4.78 is 2.44. The molecule has 0 aliphatic rings. The van der Waals surface area contributed by atoms with Crippen molar-refractivity contribution in [1.29, 1.82) is 0 Å². The van der Waals surface area contributed by atoms with Gasteiger partial charge in [-0.1, -0.05) is 62.6 Å². The van der Waals surface area contributed by atoms with E-state index >= 15 is 0 Å². The summed E-state index contributed by atoms with van der Waals surface area (Å²) >= 11 is 9.36. The first-order valence-corrected chi connectivity index (χ1v) is 9.99. The van der Waals surface area contributed by atoms with E-state index in [1.807, 2.05) is 49.4 Å². The van der Waals surface area contributed by atoms with Crippen molar-refractivity contribution in [2.45, 2.75) is 6.92 Å². The number of benzene rings is 3. The number of aryl methyl sites for hydroxylation is 1. The van der Waals surface area contributed by atoms with E-state index in [1.54, 1.807) is 35.2 Å². The van der Waals surface area contributed by atoms with E-state index < -0.39 is 0 Å². The summed E-state index contributed by atoms with van der Waals surface area (Å²) in [7, 11) is 0. The maximum atomic E-state index is 10.2. The largest absolute Gasteiger partial charge is 0.507 e. The lowest BCUT2D eigenvalue weighted by Crippen LogP contribution is -1.96. The summed E-state index contributed by atoms with van der Waals surface area (Å²) in [6, 6.07) is 20.5. The number of halogens is 2. The standard InChI is InChI=1S/C22H16BrClN4O/c1-14-2-4-15(5-3-14)21-22(25-13-16-6-7-17(23)12-20(16)29)28(27-26-21)19-10-8-18(24)9-11-19/h2-13,29H,1H3/b25-13+. The number of hydrogen-bond donors (Lipinski definition) is 1. The molecule has 4 rings (SSSR count). The Kier molecular flexibility index (Phi) is 5.47. The molecule has 0 bridgehead atoms. The summed E-state index contributed by atoms with van der Waals surface area (Å²) in [6.07, 6.45) is 1.60. The fraction of sp³-hybridized carbons (Fsp3) is 0.0455. The first-order chi connectivity index (χ1) is 14.0. The van der Waals surface area contributed by atoms with Crippen LogP contribution in [0, 0.1) is 6.92 Å². The van der Waals surface area contributed by atoms with Crippen LogP contribution in [0.25, 0.3) is 16.9 Å². The van der Waals surface area contributed by atoms with Crippen LogP contribution in [0.2, 0.25) is 5.02 Å². The maximum Gasteiger partial charge on any atom is 0.184 e. The van der Waals surface area contributed by atoms with Crippen LogP contribution in [0.15, 0.2) is 76.2 Å². The molecule has 0 spiro atoms. The van der Waals surface area contributed by atoms with Gasteiger partial charge in [0.1, 0.15) is 11.4 Å². The van der Waals surface area contributed by atoms with Crippen molar-refractivity contribution in [2.24, 2.45) is 4.99 Å². The first kappa shape index (κ1) is 19.4. The molecule has 0 saturated carbocycles. The van der Waals surface area contributed by atoms with Gasteiger partial charge in [-0.2, -0.15) is 4.68 Å². The van der Waals surface area contributed by atoms with Gasteiger partial charge in [0.05, 0.1) is 5.69 Å². The molecule has 7 heteroatoms. The third-order valence-electron chi connectivity index (χ3n) is 4.36. The molecule has 3 aromatic carbocycles. The Morgan fingerprint density at radius 2 is 1.76 bits per heavy atom. The van der Waals surface area contributed by atoms with Crippen LogP contribution in [-0.4, -0.2) is 26.3 Å². The zero-order valence-corrected chi connectivity index (χ0v) is 17.8. The molecule has 29 heavy (non-hydrogen) atoms. The average Bonchev–Trinajstić information content (AvgIpc) is 3.12. The predicted molar refractivity (Wildman–Crippen MR) is 120 cm³/mol. The Bertz CT molecular complexity index is 1120. The predicted octanol–water partition coefficient (Wildman–Crippen LogP) is 6.11. The molecule has 0 fully saturated rings. The van der Waals surface area contributed by atoms with Gasteiger partial charge in [-0.05, 0) is 49.4 Å². The number of phenolic OH excluding ortho intramolecular Hbond substituents is 1. The molecule has 0 saturated heterocycles. The summed E-state index contributed by atoms with van der Waals surface area (Å²) in [6.45, 7) is 2.03. The van der Waals surface area contributed by atoms with Gasteiger partial charge in [-0.3, -0.25) is 0 Å². The van der Waals surface area contributed by atoms with Crippen LogP contribution < -0.4 is 0 Å². The topological polar surface area (TPSA) is 63.3 Å². The van der Waals surface area contributed by atoms with Gasteiger partial charge in [0.25, 0.3) is 0 Å². The van der Waals surface area contributed by atoms with Crippen molar-refractivity contribution in [1.82, 2.24) is 15.0 Å². The monoisotopic (exact) mass is 466 g/mol. The molecule has 0 aliphatic heterocycles. The highest BCUT2D eigenvalue weighted by Crippen LogP contribution is 2.31. The molecule has 144 valence electrons.